The van der Waals surface area contributed by atoms with Crippen LogP contribution >= 0.6 is 12.4 Å². The van der Waals surface area contributed by atoms with Gasteiger partial charge in [0.2, 0.25) is 11.8 Å². The van der Waals surface area contributed by atoms with E-state index in [1.165, 1.54) is 0 Å². The van der Waals surface area contributed by atoms with Gasteiger partial charge in [-0.25, -0.2) is 0 Å². The summed E-state index contributed by atoms with van der Waals surface area (Å²) >= 11 is 0. The van der Waals surface area contributed by atoms with E-state index in [4.69, 9.17) is 5.73 Å². The first-order valence-electron chi connectivity index (χ1n) is 6.37. The predicted molar refractivity (Wildman–Crippen MR) is 73.6 cm³/mol. The van der Waals surface area contributed by atoms with Crippen LogP contribution < -0.4 is 5.73 Å². The molecule has 5 nitrogen and oxygen atoms in total. The minimum atomic E-state index is -0.528. The Morgan fingerprint density at radius 1 is 1.39 bits per heavy atom. The number of carbonyl (C=O) groups is 2. The Morgan fingerprint density at radius 2 is 1.94 bits per heavy atom. The van der Waals surface area contributed by atoms with Crippen molar-refractivity contribution in [3.8, 4) is 0 Å². The van der Waals surface area contributed by atoms with Gasteiger partial charge in [-0.2, -0.15) is 0 Å². The molecule has 0 bridgehead atoms. The van der Waals surface area contributed by atoms with Gasteiger partial charge in [0, 0.05) is 19.6 Å². The maximum atomic E-state index is 12.2. The summed E-state index contributed by atoms with van der Waals surface area (Å²) in [5.41, 5.74) is 5.60. The first-order chi connectivity index (χ1) is 8.02. The van der Waals surface area contributed by atoms with Crippen LogP contribution in [0.1, 0.15) is 33.6 Å². The molecule has 2 atom stereocenters. The highest BCUT2D eigenvalue weighted by Crippen LogP contribution is 2.20. The molecule has 1 heterocycles. The van der Waals surface area contributed by atoms with Crippen molar-refractivity contribution < 1.29 is 9.59 Å². The van der Waals surface area contributed by atoms with E-state index in [1.54, 1.807) is 16.7 Å². The molecular weight excluding hydrogens is 254 g/mol. The molecule has 106 valence electrons. The summed E-state index contributed by atoms with van der Waals surface area (Å²) in [5, 5.41) is 0. The molecule has 2 N–H and O–H groups in total. The topological polar surface area (TPSA) is 66.6 Å². The second-order valence-electron chi connectivity index (χ2n) is 4.49. The van der Waals surface area contributed by atoms with Crippen LogP contribution in [0.5, 0.6) is 0 Å². The van der Waals surface area contributed by atoms with E-state index in [0.717, 1.165) is 12.8 Å². The van der Waals surface area contributed by atoms with Gasteiger partial charge >= 0.3 is 0 Å². The van der Waals surface area contributed by atoms with Gasteiger partial charge < -0.3 is 15.5 Å². The number of rotatable bonds is 4. The molecule has 0 aromatic carbocycles. The Labute approximate surface area is 115 Å². The first-order valence-corrected chi connectivity index (χ1v) is 6.37. The largest absolute Gasteiger partial charge is 0.341 e. The van der Waals surface area contributed by atoms with Gasteiger partial charge in [-0.05, 0) is 33.6 Å². The van der Waals surface area contributed by atoms with Gasteiger partial charge in [0.05, 0.1) is 6.04 Å². The lowest BCUT2D eigenvalue weighted by atomic mass is 10.1. The summed E-state index contributed by atoms with van der Waals surface area (Å²) in [6, 6.07) is -0.825. The van der Waals surface area contributed by atoms with Crippen molar-refractivity contribution in [1.82, 2.24) is 9.80 Å². The van der Waals surface area contributed by atoms with Gasteiger partial charge in [0.25, 0.3) is 0 Å². The highest BCUT2D eigenvalue weighted by molar-refractivity contribution is 5.90. The van der Waals surface area contributed by atoms with Crippen molar-refractivity contribution >= 4 is 24.2 Å². The van der Waals surface area contributed by atoms with Crippen molar-refractivity contribution in [2.45, 2.75) is 45.7 Å². The molecule has 0 aromatic rings. The van der Waals surface area contributed by atoms with Gasteiger partial charge in [-0.15, -0.1) is 12.4 Å². The van der Waals surface area contributed by atoms with Crippen molar-refractivity contribution in [3.63, 3.8) is 0 Å². The monoisotopic (exact) mass is 277 g/mol. The van der Waals surface area contributed by atoms with E-state index in [2.05, 4.69) is 0 Å². The zero-order valence-corrected chi connectivity index (χ0v) is 12.2. The van der Waals surface area contributed by atoms with Crippen LogP contribution in [0.3, 0.4) is 0 Å². The minimum absolute atomic E-state index is 0. The number of amides is 2. The molecule has 18 heavy (non-hydrogen) atoms. The summed E-state index contributed by atoms with van der Waals surface area (Å²) in [6.45, 7) is 7.60. The Morgan fingerprint density at radius 3 is 2.39 bits per heavy atom. The van der Waals surface area contributed by atoms with Crippen LogP contribution in [-0.2, 0) is 9.59 Å². The molecule has 1 rings (SSSR count). The third-order valence-corrected chi connectivity index (χ3v) is 3.29. The second kappa shape index (κ2) is 7.59. The van der Waals surface area contributed by atoms with Crippen LogP contribution in [0.25, 0.3) is 0 Å². The fourth-order valence-corrected chi connectivity index (χ4v) is 2.29. The smallest absolute Gasteiger partial charge is 0.245 e. The molecule has 0 aromatic heterocycles. The number of halogens is 1. The van der Waals surface area contributed by atoms with Crippen molar-refractivity contribution in [3.05, 3.63) is 0 Å². The average molecular weight is 278 g/mol. The van der Waals surface area contributed by atoms with E-state index in [0.29, 0.717) is 19.6 Å². The van der Waals surface area contributed by atoms with Gasteiger partial charge in [-0.1, -0.05) is 0 Å². The molecule has 1 aliphatic heterocycles. The maximum Gasteiger partial charge on any atom is 0.245 e. The standard InChI is InChI=1S/C12H23N3O2.ClH/c1-4-14(5-2)12(17)10-7-6-8-15(10)11(16)9(3)13;/h9-10H,4-8,13H2,1-3H3;1H/t9-,10?;/m1./s1. The van der Waals surface area contributed by atoms with Crippen LogP contribution in [-0.4, -0.2) is 53.3 Å². The summed E-state index contributed by atoms with van der Waals surface area (Å²) in [5.74, 6) is -0.0606. The molecule has 6 heteroatoms. The van der Waals surface area contributed by atoms with E-state index in [-0.39, 0.29) is 30.3 Å². The van der Waals surface area contributed by atoms with Crippen LogP contribution in [0, 0.1) is 0 Å². The number of nitrogens with zero attached hydrogens (tertiary/aromatic N) is 2. The molecule has 1 fully saturated rings. The predicted octanol–water partition coefficient (Wildman–Crippen LogP) is 0.615. The highest BCUT2D eigenvalue weighted by atomic mass is 35.5. The van der Waals surface area contributed by atoms with Gasteiger partial charge in [0.15, 0.2) is 0 Å². The third kappa shape index (κ3) is 3.59. The number of carbonyl (C=O) groups excluding carboxylic acids is 2. The first kappa shape index (κ1) is 17.2. The van der Waals surface area contributed by atoms with Crippen LogP contribution in [0.15, 0.2) is 0 Å². The normalized spacial score (nSPS) is 20.2. The van der Waals surface area contributed by atoms with Crippen LogP contribution in [0.2, 0.25) is 0 Å². The molecule has 0 aliphatic carbocycles. The number of likely N-dealkylation sites (N-methyl/N-ethyl adjacent to an activating group) is 1. The molecule has 0 radical (unpaired) electrons. The number of nitrogens with two attached hydrogens (primary N) is 1. The van der Waals surface area contributed by atoms with Crippen LogP contribution in [0.4, 0.5) is 0 Å². The molecule has 1 unspecified atom stereocenters. The molecule has 0 saturated carbocycles. The molecule has 1 saturated heterocycles. The quantitative estimate of drug-likeness (QED) is 0.819. The third-order valence-electron chi connectivity index (χ3n) is 3.29. The van der Waals surface area contributed by atoms with E-state index >= 15 is 0 Å². The number of hydrogen-bond donors (Lipinski definition) is 1. The highest BCUT2D eigenvalue weighted by Gasteiger charge is 2.36. The average Bonchev–Trinajstić information content (AvgIpc) is 2.77. The molecular formula is C12H24ClN3O2. The summed E-state index contributed by atoms with van der Waals surface area (Å²) in [7, 11) is 0. The Hall–Kier alpha value is -0.810. The second-order valence-corrected chi connectivity index (χ2v) is 4.49. The molecule has 1 aliphatic rings. The summed E-state index contributed by atoms with van der Waals surface area (Å²) < 4.78 is 0. The lowest BCUT2D eigenvalue weighted by molar-refractivity contribution is -0.144. The Balaban J connectivity index is 0.00000289. The van der Waals surface area contributed by atoms with E-state index in [1.807, 2.05) is 13.8 Å². The molecule has 2 amide bonds. The summed E-state index contributed by atoms with van der Waals surface area (Å²) in [4.78, 5) is 27.5. The van der Waals surface area contributed by atoms with Crippen molar-refractivity contribution in [1.29, 1.82) is 0 Å². The SMILES string of the molecule is CCN(CC)C(=O)C1CCCN1C(=O)[C@@H](C)N.Cl. The fraction of sp³-hybridized carbons (Fsp3) is 0.833. The zero-order valence-electron chi connectivity index (χ0n) is 11.4. The summed E-state index contributed by atoms with van der Waals surface area (Å²) in [6.07, 6.45) is 1.64. The van der Waals surface area contributed by atoms with Crippen molar-refractivity contribution in [2.24, 2.45) is 5.73 Å². The number of likely N-dealkylation sites (tertiary alicyclic amines) is 1. The van der Waals surface area contributed by atoms with E-state index in [9.17, 15) is 9.59 Å². The van der Waals surface area contributed by atoms with E-state index < -0.39 is 6.04 Å². The van der Waals surface area contributed by atoms with Gasteiger partial charge in [-0.3, -0.25) is 9.59 Å². The lowest BCUT2D eigenvalue weighted by Gasteiger charge is -2.29. The molecule has 0 spiro atoms. The number of hydrogen-bond acceptors (Lipinski definition) is 3. The lowest BCUT2D eigenvalue weighted by Crippen LogP contribution is -2.51. The fourth-order valence-electron chi connectivity index (χ4n) is 2.29. The zero-order chi connectivity index (χ0) is 13.0. The minimum Gasteiger partial charge on any atom is -0.341 e. The Kier molecular flexibility index (Phi) is 7.25. The Bertz CT molecular complexity index is 293. The van der Waals surface area contributed by atoms with Crippen molar-refractivity contribution in [2.75, 3.05) is 19.6 Å². The maximum absolute atomic E-state index is 12.2. The van der Waals surface area contributed by atoms with Gasteiger partial charge in [0.1, 0.15) is 6.04 Å².